The molecule has 5 heteroatoms. The summed E-state index contributed by atoms with van der Waals surface area (Å²) in [6.45, 7) is 3.67. The van der Waals surface area contributed by atoms with Gasteiger partial charge in [-0.05, 0) is 43.7 Å². The van der Waals surface area contributed by atoms with Crippen LogP contribution in [0.15, 0.2) is 64.1 Å². The molecule has 2 aromatic rings. The van der Waals surface area contributed by atoms with Crippen molar-refractivity contribution in [1.82, 2.24) is 5.01 Å². The summed E-state index contributed by atoms with van der Waals surface area (Å²) in [5, 5.41) is 1.51. The van der Waals surface area contributed by atoms with E-state index >= 15 is 0 Å². The highest BCUT2D eigenvalue weighted by atomic mass is 79.9. The smallest absolute Gasteiger partial charge is 0.279 e. The monoisotopic (exact) mass is 357 g/mol. The van der Waals surface area contributed by atoms with E-state index in [1.165, 1.54) is 5.01 Å². The molecule has 3 rings (SSSR count). The number of aliphatic imine (C=N–C) groups is 1. The van der Waals surface area contributed by atoms with Crippen LogP contribution in [-0.4, -0.2) is 16.8 Å². The first-order valence-electron chi connectivity index (χ1n) is 6.99. The quantitative estimate of drug-likeness (QED) is 0.903. The third-order valence-corrected chi connectivity index (χ3v) is 4.28. The second kappa shape index (κ2) is 5.57. The molecule has 1 unspecified atom stereocenters. The lowest BCUT2D eigenvalue weighted by Gasteiger charge is -2.24. The van der Waals surface area contributed by atoms with E-state index in [0.29, 0.717) is 5.84 Å². The second-order valence-corrected chi connectivity index (χ2v) is 6.27. The molecule has 0 bridgehead atoms. The fourth-order valence-corrected chi connectivity index (χ4v) is 2.79. The maximum Gasteiger partial charge on any atom is 0.279 e. The van der Waals surface area contributed by atoms with E-state index in [2.05, 4.69) is 26.3 Å². The number of anilines is 1. The minimum absolute atomic E-state index is 0.0869. The number of hydrogen-bond acceptors (Lipinski definition) is 3. The number of halogens is 1. The topological polar surface area (TPSA) is 44.7 Å². The van der Waals surface area contributed by atoms with Crippen LogP contribution in [0, 0.1) is 0 Å². The van der Waals surface area contributed by atoms with Crippen molar-refractivity contribution in [2.75, 3.05) is 5.43 Å². The molecule has 0 radical (unpaired) electrons. The second-order valence-electron chi connectivity index (χ2n) is 5.36. The van der Waals surface area contributed by atoms with Gasteiger partial charge in [0.1, 0.15) is 5.84 Å². The first kappa shape index (κ1) is 14.8. The van der Waals surface area contributed by atoms with Gasteiger partial charge in [0, 0.05) is 4.47 Å². The third-order valence-electron chi connectivity index (χ3n) is 3.75. The van der Waals surface area contributed by atoms with Crippen LogP contribution >= 0.6 is 15.9 Å². The van der Waals surface area contributed by atoms with E-state index in [1.54, 1.807) is 0 Å². The Balaban J connectivity index is 1.90. The Labute approximate surface area is 138 Å². The summed E-state index contributed by atoms with van der Waals surface area (Å²) in [7, 11) is 0. The van der Waals surface area contributed by atoms with Gasteiger partial charge in [-0.2, -0.15) is 0 Å². The first-order chi connectivity index (χ1) is 10.5. The highest BCUT2D eigenvalue weighted by molar-refractivity contribution is 9.10. The van der Waals surface area contributed by atoms with Crippen molar-refractivity contribution < 1.29 is 4.79 Å². The lowest BCUT2D eigenvalue weighted by Crippen LogP contribution is -2.42. The van der Waals surface area contributed by atoms with E-state index < -0.39 is 5.54 Å². The predicted octanol–water partition coefficient (Wildman–Crippen LogP) is 3.95. The number of benzene rings is 2. The number of amides is 1. The molecule has 112 valence electrons. The molecular weight excluding hydrogens is 342 g/mol. The van der Waals surface area contributed by atoms with Crippen LogP contribution in [0.3, 0.4) is 0 Å². The van der Waals surface area contributed by atoms with Crippen molar-refractivity contribution in [2.45, 2.75) is 19.4 Å². The molecule has 22 heavy (non-hydrogen) atoms. The number of para-hydroxylation sites is 1. The highest BCUT2D eigenvalue weighted by Gasteiger charge is 2.45. The third kappa shape index (κ3) is 2.52. The molecule has 0 aromatic heterocycles. The Morgan fingerprint density at radius 2 is 1.73 bits per heavy atom. The van der Waals surface area contributed by atoms with Crippen molar-refractivity contribution in [3.05, 3.63) is 64.6 Å². The Kier molecular flexibility index (Phi) is 3.74. The van der Waals surface area contributed by atoms with Gasteiger partial charge < -0.3 is 0 Å². The molecule has 0 aliphatic carbocycles. The largest absolute Gasteiger partial charge is 0.290 e. The Hall–Kier alpha value is -2.14. The average Bonchev–Trinajstić information content (AvgIpc) is 2.73. The maximum absolute atomic E-state index is 12.9. The predicted molar refractivity (Wildman–Crippen MR) is 91.5 cm³/mol. The fraction of sp³-hybridized carbons (Fsp3) is 0.176. The number of hydrazine groups is 1. The van der Waals surface area contributed by atoms with Crippen LogP contribution < -0.4 is 5.43 Å². The van der Waals surface area contributed by atoms with Gasteiger partial charge in [0.25, 0.3) is 5.91 Å². The summed E-state index contributed by atoms with van der Waals surface area (Å²) in [6.07, 6.45) is 0. The van der Waals surface area contributed by atoms with Gasteiger partial charge in [-0.25, -0.2) is 10.0 Å². The number of rotatable bonds is 3. The summed E-state index contributed by atoms with van der Waals surface area (Å²) >= 11 is 3.41. The number of amidine groups is 1. The molecule has 1 aliphatic heterocycles. The van der Waals surface area contributed by atoms with Crippen molar-refractivity contribution >= 4 is 33.4 Å². The number of nitrogens with one attached hydrogen (secondary N) is 1. The van der Waals surface area contributed by atoms with Crippen LogP contribution in [-0.2, 0) is 10.3 Å². The van der Waals surface area contributed by atoms with Gasteiger partial charge in [0.2, 0.25) is 0 Å². The van der Waals surface area contributed by atoms with Gasteiger partial charge in [-0.1, -0.05) is 46.3 Å². The van der Waals surface area contributed by atoms with Gasteiger partial charge in [0.05, 0.1) is 5.69 Å². The first-order valence-corrected chi connectivity index (χ1v) is 7.79. The van der Waals surface area contributed by atoms with Gasteiger partial charge in [-0.15, -0.1) is 0 Å². The molecule has 0 spiro atoms. The minimum Gasteiger partial charge on any atom is -0.290 e. The zero-order valence-electron chi connectivity index (χ0n) is 12.4. The number of carbonyl (C=O) groups excluding carboxylic acids is 1. The van der Waals surface area contributed by atoms with Crippen LogP contribution in [0.25, 0.3) is 0 Å². The Morgan fingerprint density at radius 3 is 2.36 bits per heavy atom. The van der Waals surface area contributed by atoms with Crippen molar-refractivity contribution in [3.8, 4) is 0 Å². The SMILES string of the molecule is CC1=NC(C)(c2ccc(Br)cc2)C(=O)N1Nc1ccccc1. The summed E-state index contributed by atoms with van der Waals surface area (Å²) in [5.74, 6) is 0.565. The number of carbonyl (C=O) groups is 1. The molecule has 1 atom stereocenters. The Bertz CT molecular complexity index is 727. The standard InChI is InChI=1S/C17H16BrN3O/c1-12-19-17(2,13-8-10-14(18)11-9-13)16(22)21(12)20-15-6-4-3-5-7-15/h3-11,20H,1-2H3. The summed E-state index contributed by atoms with van der Waals surface area (Å²) < 4.78 is 0.977. The molecule has 0 fully saturated rings. The zero-order chi connectivity index (χ0) is 15.7. The van der Waals surface area contributed by atoms with Crippen molar-refractivity contribution in [1.29, 1.82) is 0 Å². The molecule has 1 N–H and O–H groups in total. The van der Waals surface area contributed by atoms with E-state index in [4.69, 9.17) is 0 Å². The molecule has 0 saturated carbocycles. The van der Waals surface area contributed by atoms with E-state index in [1.807, 2.05) is 68.4 Å². The highest BCUT2D eigenvalue weighted by Crippen LogP contribution is 2.34. The molecule has 1 aliphatic rings. The van der Waals surface area contributed by atoms with Crippen LogP contribution in [0.5, 0.6) is 0 Å². The van der Waals surface area contributed by atoms with Crippen LogP contribution in [0.2, 0.25) is 0 Å². The summed E-state index contributed by atoms with van der Waals surface area (Å²) in [6, 6.07) is 17.3. The van der Waals surface area contributed by atoms with Gasteiger partial charge in [0.15, 0.2) is 5.54 Å². The van der Waals surface area contributed by atoms with E-state index in [-0.39, 0.29) is 5.91 Å². The van der Waals surface area contributed by atoms with Crippen molar-refractivity contribution in [3.63, 3.8) is 0 Å². The molecule has 4 nitrogen and oxygen atoms in total. The molecular formula is C17H16BrN3O. The van der Waals surface area contributed by atoms with Crippen LogP contribution in [0.4, 0.5) is 5.69 Å². The van der Waals surface area contributed by atoms with E-state index in [0.717, 1.165) is 15.7 Å². The zero-order valence-corrected chi connectivity index (χ0v) is 14.0. The molecule has 0 saturated heterocycles. The average molecular weight is 358 g/mol. The molecule has 1 amide bonds. The summed E-state index contributed by atoms with van der Waals surface area (Å²) in [5.41, 5.74) is 3.95. The molecule has 1 heterocycles. The van der Waals surface area contributed by atoms with Gasteiger partial charge >= 0.3 is 0 Å². The Morgan fingerprint density at radius 1 is 1.09 bits per heavy atom. The number of nitrogens with zero attached hydrogens (tertiary/aromatic N) is 2. The van der Waals surface area contributed by atoms with E-state index in [9.17, 15) is 4.79 Å². The van der Waals surface area contributed by atoms with Gasteiger partial charge in [-0.3, -0.25) is 10.2 Å². The number of hydrogen-bond donors (Lipinski definition) is 1. The maximum atomic E-state index is 12.9. The fourth-order valence-electron chi connectivity index (χ4n) is 2.52. The summed E-state index contributed by atoms with van der Waals surface area (Å²) in [4.78, 5) is 17.5. The normalized spacial score (nSPS) is 21.0. The molecule has 2 aromatic carbocycles. The minimum atomic E-state index is -0.896. The van der Waals surface area contributed by atoms with Crippen molar-refractivity contribution in [2.24, 2.45) is 4.99 Å². The lowest BCUT2D eigenvalue weighted by atomic mass is 9.92. The van der Waals surface area contributed by atoms with Crippen LogP contribution in [0.1, 0.15) is 19.4 Å². The lowest BCUT2D eigenvalue weighted by molar-refractivity contribution is -0.130.